The van der Waals surface area contributed by atoms with E-state index in [1.165, 1.54) is 53.9 Å². The summed E-state index contributed by atoms with van der Waals surface area (Å²) in [6.45, 7) is 0. The Hall–Kier alpha value is -2.86. The minimum Gasteiger partial charge on any atom is -0.0795 e. The molecule has 2 aliphatic carbocycles. The van der Waals surface area contributed by atoms with Crippen LogP contribution in [0.5, 0.6) is 0 Å². The number of rotatable bonds is 0. The van der Waals surface area contributed by atoms with Gasteiger partial charge in [-0.1, -0.05) is 42.5 Å². The SMILES string of the molecule is C1=Cc2cccc3cc4cc5cc6c(cc5cc4c(c23)C1)=CCCC=6. The van der Waals surface area contributed by atoms with Crippen molar-refractivity contribution in [3.8, 4) is 0 Å². The van der Waals surface area contributed by atoms with Crippen molar-refractivity contribution in [3.05, 3.63) is 76.2 Å². The highest BCUT2D eigenvalue weighted by molar-refractivity contribution is 6.10. The first-order valence-corrected chi connectivity index (χ1v) is 9.16. The highest BCUT2D eigenvalue weighted by Crippen LogP contribution is 2.36. The largest absolute Gasteiger partial charge is 0.0795 e. The third-order valence-corrected chi connectivity index (χ3v) is 5.79. The lowest BCUT2D eigenvalue weighted by Gasteiger charge is -2.16. The van der Waals surface area contributed by atoms with Crippen molar-refractivity contribution >= 4 is 50.5 Å². The molecule has 0 amide bonds. The lowest BCUT2D eigenvalue weighted by Crippen LogP contribution is -2.26. The molecule has 6 rings (SSSR count). The summed E-state index contributed by atoms with van der Waals surface area (Å²) in [4.78, 5) is 0. The second kappa shape index (κ2) is 4.83. The first-order chi connectivity index (χ1) is 12.4. The van der Waals surface area contributed by atoms with E-state index in [0.29, 0.717) is 0 Å². The molecule has 0 aliphatic heterocycles. The summed E-state index contributed by atoms with van der Waals surface area (Å²) in [6.07, 6.45) is 12.7. The zero-order valence-electron chi connectivity index (χ0n) is 14.0. The molecule has 0 unspecified atom stereocenters. The lowest BCUT2D eigenvalue weighted by molar-refractivity contribution is 1.12. The molecule has 4 aromatic rings. The molecule has 0 saturated carbocycles. The van der Waals surface area contributed by atoms with Gasteiger partial charge < -0.3 is 0 Å². The van der Waals surface area contributed by atoms with Crippen molar-refractivity contribution in [2.24, 2.45) is 0 Å². The zero-order chi connectivity index (χ0) is 16.4. The molecule has 2 aliphatic rings. The van der Waals surface area contributed by atoms with E-state index in [9.17, 15) is 0 Å². The Balaban J connectivity index is 1.81. The fraction of sp³-hybridized carbons (Fsp3) is 0.120. The van der Waals surface area contributed by atoms with Gasteiger partial charge in [0.25, 0.3) is 0 Å². The molecular formula is C25H18. The maximum Gasteiger partial charge on any atom is -0.00699 e. The molecule has 25 heavy (non-hydrogen) atoms. The van der Waals surface area contributed by atoms with E-state index in [1.807, 2.05) is 0 Å². The Morgan fingerprint density at radius 2 is 1.44 bits per heavy atom. The van der Waals surface area contributed by atoms with Crippen LogP contribution in [0, 0.1) is 0 Å². The molecule has 0 radical (unpaired) electrons. The quantitative estimate of drug-likeness (QED) is 0.397. The molecule has 0 N–H and O–H groups in total. The Bertz CT molecular complexity index is 1350. The van der Waals surface area contributed by atoms with Crippen LogP contribution in [0.4, 0.5) is 0 Å². The van der Waals surface area contributed by atoms with Crippen molar-refractivity contribution in [3.63, 3.8) is 0 Å². The molecule has 0 fully saturated rings. The molecule has 0 bridgehead atoms. The molecule has 0 heteroatoms. The predicted molar refractivity (Wildman–Crippen MR) is 109 cm³/mol. The van der Waals surface area contributed by atoms with Crippen LogP contribution in [-0.4, -0.2) is 0 Å². The average molecular weight is 318 g/mol. The number of fused-ring (bicyclic) bond motifs is 4. The third-order valence-electron chi connectivity index (χ3n) is 5.79. The standard InChI is InChI=1S/C25H18/c1-2-6-18-12-21-15-24-22(14-20(21)11-17(18)5-1)13-19-9-3-7-16-8-4-10-23(24)25(16)19/h3-9,11-15H,1-2,10H2. The van der Waals surface area contributed by atoms with E-state index in [4.69, 9.17) is 0 Å². The maximum absolute atomic E-state index is 2.41. The van der Waals surface area contributed by atoms with Gasteiger partial charge in [-0.25, -0.2) is 0 Å². The second-order valence-electron chi connectivity index (χ2n) is 7.29. The molecule has 0 spiro atoms. The number of hydrogen-bond donors (Lipinski definition) is 0. The summed E-state index contributed by atoms with van der Waals surface area (Å²) in [5.74, 6) is 0. The van der Waals surface area contributed by atoms with Gasteiger partial charge in [0, 0.05) is 0 Å². The summed E-state index contributed by atoms with van der Waals surface area (Å²) in [6, 6.07) is 18.6. The first-order valence-electron chi connectivity index (χ1n) is 9.16. The van der Waals surface area contributed by atoms with Gasteiger partial charge in [0.15, 0.2) is 0 Å². The minimum absolute atomic E-state index is 1.03. The lowest BCUT2D eigenvalue weighted by atomic mass is 9.87. The van der Waals surface area contributed by atoms with Crippen LogP contribution >= 0.6 is 0 Å². The van der Waals surface area contributed by atoms with E-state index in [1.54, 1.807) is 0 Å². The molecule has 0 saturated heterocycles. The molecule has 0 atom stereocenters. The van der Waals surface area contributed by atoms with E-state index in [0.717, 1.165) is 19.3 Å². The first kappa shape index (κ1) is 13.4. The van der Waals surface area contributed by atoms with Gasteiger partial charge >= 0.3 is 0 Å². The van der Waals surface area contributed by atoms with Gasteiger partial charge in [-0.15, -0.1) is 0 Å². The van der Waals surface area contributed by atoms with Crippen LogP contribution in [0.3, 0.4) is 0 Å². The fourth-order valence-electron chi connectivity index (χ4n) is 4.63. The average Bonchev–Trinajstić information content (AvgIpc) is 2.65. The van der Waals surface area contributed by atoms with Crippen LogP contribution < -0.4 is 10.4 Å². The normalized spacial score (nSPS) is 15.2. The summed E-state index contributed by atoms with van der Waals surface area (Å²) in [7, 11) is 0. The Morgan fingerprint density at radius 1 is 0.680 bits per heavy atom. The number of hydrogen-bond acceptors (Lipinski definition) is 0. The Morgan fingerprint density at radius 3 is 2.28 bits per heavy atom. The Kier molecular flexibility index (Phi) is 2.59. The van der Waals surface area contributed by atoms with Crippen LogP contribution in [0.1, 0.15) is 24.0 Å². The molecule has 0 aromatic heterocycles. The monoisotopic (exact) mass is 318 g/mol. The topological polar surface area (TPSA) is 0 Å². The molecule has 0 nitrogen and oxygen atoms in total. The van der Waals surface area contributed by atoms with Crippen molar-refractivity contribution < 1.29 is 0 Å². The van der Waals surface area contributed by atoms with Gasteiger partial charge in [-0.2, -0.15) is 0 Å². The van der Waals surface area contributed by atoms with Gasteiger partial charge in [0.05, 0.1) is 0 Å². The smallest absolute Gasteiger partial charge is 0.00699 e. The van der Waals surface area contributed by atoms with Crippen molar-refractivity contribution in [1.82, 2.24) is 0 Å². The van der Waals surface area contributed by atoms with Gasteiger partial charge in [-0.05, 0) is 103 Å². The van der Waals surface area contributed by atoms with Gasteiger partial charge in [0.2, 0.25) is 0 Å². The summed E-state index contributed by atoms with van der Waals surface area (Å²) in [5, 5.41) is 11.1. The second-order valence-corrected chi connectivity index (χ2v) is 7.29. The van der Waals surface area contributed by atoms with Gasteiger partial charge in [0.1, 0.15) is 0 Å². The third kappa shape index (κ3) is 1.88. The highest BCUT2D eigenvalue weighted by atomic mass is 14.2. The van der Waals surface area contributed by atoms with Crippen molar-refractivity contribution in [2.75, 3.05) is 0 Å². The van der Waals surface area contributed by atoms with E-state index in [2.05, 4.69) is 72.8 Å². The Labute approximate surface area is 146 Å². The molecule has 118 valence electrons. The molecule has 4 aromatic carbocycles. The molecule has 0 heterocycles. The van der Waals surface area contributed by atoms with E-state index >= 15 is 0 Å². The summed E-state index contributed by atoms with van der Waals surface area (Å²) in [5.41, 5.74) is 2.84. The highest BCUT2D eigenvalue weighted by Gasteiger charge is 2.13. The van der Waals surface area contributed by atoms with Crippen LogP contribution in [0.15, 0.2) is 54.6 Å². The minimum atomic E-state index is 1.03. The predicted octanol–water partition coefficient (Wildman–Crippen LogP) is 5.07. The van der Waals surface area contributed by atoms with Gasteiger partial charge in [-0.3, -0.25) is 0 Å². The zero-order valence-corrected chi connectivity index (χ0v) is 14.0. The maximum atomic E-state index is 2.41. The fourth-order valence-corrected chi connectivity index (χ4v) is 4.63. The van der Waals surface area contributed by atoms with E-state index in [-0.39, 0.29) is 0 Å². The van der Waals surface area contributed by atoms with E-state index < -0.39 is 0 Å². The van der Waals surface area contributed by atoms with Crippen LogP contribution in [0.25, 0.3) is 50.5 Å². The summed E-state index contributed by atoms with van der Waals surface area (Å²) >= 11 is 0. The van der Waals surface area contributed by atoms with Crippen molar-refractivity contribution in [1.29, 1.82) is 0 Å². The molecular weight excluding hydrogens is 300 g/mol. The van der Waals surface area contributed by atoms with Crippen molar-refractivity contribution in [2.45, 2.75) is 19.3 Å². The number of benzene rings is 4. The van der Waals surface area contributed by atoms with Crippen LogP contribution in [0.2, 0.25) is 0 Å². The number of allylic oxidation sites excluding steroid dienone is 1. The summed E-state index contributed by atoms with van der Waals surface area (Å²) < 4.78 is 0. The van der Waals surface area contributed by atoms with Crippen LogP contribution in [-0.2, 0) is 6.42 Å².